The molecule has 0 bridgehead atoms. The number of nitrogens with zero attached hydrogens (tertiary/aromatic N) is 4. The van der Waals surface area contributed by atoms with Crippen LogP contribution in [-0.2, 0) is 5.75 Å². The van der Waals surface area contributed by atoms with Crippen molar-refractivity contribution in [3.8, 4) is 11.5 Å². The van der Waals surface area contributed by atoms with Gasteiger partial charge in [0.05, 0.1) is 17.0 Å². The summed E-state index contributed by atoms with van der Waals surface area (Å²) in [6.07, 6.45) is 6.47. The first-order valence-corrected chi connectivity index (χ1v) is 11.2. The first-order chi connectivity index (χ1) is 13.1. The van der Waals surface area contributed by atoms with E-state index in [0.29, 0.717) is 23.6 Å². The van der Waals surface area contributed by atoms with Crippen molar-refractivity contribution < 1.29 is 4.42 Å². The molecule has 0 radical (unpaired) electrons. The van der Waals surface area contributed by atoms with Crippen LogP contribution in [-0.4, -0.2) is 19.7 Å². The predicted octanol–water partition coefficient (Wildman–Crippen LogP) is 6.11. The van der Waals surface area contributed by atoms with Gasteiger partial charge in [-0.05, 0) is 54.8 Å². The normalized spacial score (nSPS) is 15.4. The number of benzene rings is 1. The lowest BCUT2D eigenvalue weighted by atomic mass is 9.95. The third-order valence-corrected chi connectivity index (χ3v) is 6.82. The average molecular weight is 447 g/mol. The standard InChI is InChI=1S/C20H23BrN4OS/c1-13-14(2)25(15-8-4-3-5-9-15)20(22-13)27-12-18-23-24-19(26-18)16-10-6-7-11-17(16)21/h6-7,10-11,15H,3-5,8-9,12H2,1-2H3. The van der Waals surface area contributed by atoms with Crippen molar-refractivity contribution in [1.29, 1.82) is 0 Å². The van der Waals surface area contributed by atoms with Crippen molar-refractivity contribution in [3.05, 3.63) is 46.0 Å². The monoisotopic (exact) mass is 446 g/mol. The summed E-state index contributed by atoms with van der Waals surface area (Å²) in [7, 11) is 0. The Morgan fingerprint density at radius 1 is 1.15 bits per heavy atom. The Balaban J connectivity index is 1.51. The molecule has 0 spiro atoms. The van der Waals surface area contributed by atoms with Gasteiger partial charge in [0.2, 0.25) is 11.8 Å². The minimum Gasteiger partial charge on any atom is -0.420 e. The second-order valence-corrected chi connectivity index (χ2v) is 8.79. The van der Waals surface area contributed by atoms with E-state index in [2.05, 4.69) is 44.5 Å². The van der Waals surface area contributed by atoms with Gasteiger partial charge in [-0.3, -0.25) is 0 Å². The minimum atomic E-state index is 0.543. The van der Waals surface area contributed by atoms with E-state index in [1.807, 2.05) is 24.3 Å². The summed E-state index contributed by atoms with van der Waals surface area (Å²) in [5.41, 5.74) is 3.31. The Hall–Kier alpha value is -1.60. The molecule has 1 fully saturated rings. The number of halogens is 1. The van der Waals surface area contributed by atoms with E-state index in [0.717, 1.165) is 20.9 Å². The molecule has 0 aliphatic heterocycles. The van der Waals surface area contributed by atoms with Gasteiger partial charge in [-0.2, -0.15) is 0 Å². The van der Waals surface area contributed by atoms with Crippen molar-refractivity contribution in [2.24, 2.45) is 0 Å². The van der Waals surface area contributed by atoms with Crippen LogP contribution in [0.4, 0.5) is 0 Å². The third kappa shape index (κ3) is 3.99. The molecule has 1 aliphatic rings. The van der Waals surface area contributed by atoms with Crippen molar-refractivity contribution >= 4 is 27.7 Å². The molecule has 0 N–H and O–H groups in total. The maximum absolute atomic E-state index is 5.88. The number of thioether (sulfide) groups is 1. The highest BCUT2D eigenvalue weighted by Gasteiger charge is 2.22. The third-order valence-electron chi connectivity index (χ3n) is 5.19. The van der Waals surface area contributed by atoms with Gasteiger partial charge in [0, 0.05) is 16.2 Å². The van der Waals surface area contributed by atoms with E-state index < -0.39 is 0 Å². The topological polar surface area (TPSA) is 56.7 Å². The summed E-state index contributed by atoms with van der Waals surface area (Å²) in [4.78, 5) is 4.81. The molecule has 0 unspecified atom stereocenters. The Bertz CT molecular complexity index is 930. The number of hydrogen-bond donors (Lipinski definition) is 0. The first-order valence-electron chi connectivity index (χ1n) is 9.39. The molecule has 0 atom stereocenters. The zero-order chi connectivity index (χ0) is 18.8. The molecule has 0 saturated heterocycles. The second-order valence-electron chi connectivity index (χ2n) is 7.00. The van der Waals surface area contributed by atoms with Crippen LogP contribution in [0.1, 0.15) is 55.4 Å². The molecule has 0 amide bonds. The molecule has 2 heterocycles. The highest BCUT2D eigenvalue weighted by atomic mass is 79.9. The van der Waals surface area contributed by atoms with Gasteiger partial charge >= 0.3 is 0 Å². The number of imidazole rings is 1. The summed E-state index contributed by atoms with van der Waals surface area (Å²) < 4.78 is 9.27. The molecule has 142 valence electrons. The Morgan fingerprint density at radius 2 is 1.93 bits per heavy atom. The lowest BCUT2D eigenvalue weighted by Crippen LogP contribution is -2.15. The van der Waals surface area contributed by atoms with Crippen LogP contribution in [0.2, 0.25) is 0 Å². The quantitative estimate of drug-likeness (QED) is 0.442. The van der Waals surface area contributed by atoms with Gasteiger partial charge in [0.25, 0.3) is 0 Å². The van der Waals surface area contributed by atoms with E-state index in [4.69, 9.17) is 9.40 Å². The number of hydrogen-bond acceptors (Lipinski definition) is 5. The minimum absolute atomic E-state index is 0.543. The molecule has 7 heteroatoms. The van der Waals surface area contributed by atoms with Crippen LogP contribution in [0.5, 0.6) is 0 Å². The highest BCUT2D eigenvalue weighted by Crippen LogP contribution is 2.35. The van der Waals surface area contributed by atoms with Gasteiger partial charge in [-0.1, -0.05) is 43.2 Å². The molecule has 1 saturated carbocycles. The van der Waals surface area contributed by atoms with Crippen molar-refractivity contribution in [2.75, 3.05) is 0 Å². The van der Waals surface area contributed by atoms with Crippen LogP contribution in [0.15, 0.2) is 38.3 Å². The van der Waals surface area contributed by atoms with E-state index in [1.54, 1.807) is 11.8 Å². The zero-order valence-corrected chi connectivity index (χ0v) is 18.0. The van der Waals surface area contributed by atoms with Crippen LogP contribution in [0.25, 0.3) is 11.5 Å². The van der Waals surface area contributed by atoms with E-state index in [1.165, 1.54) is 37.8 Å². The van der Waals surface area contributed by atoms with Gasteiger partial charge < -0.3 is 8.98 Å². The summed E-state index contributed by atoms with van der Waals surface area (Å²) in [6.45, 7) is 4.27. The molecule has 2 aromatic heterocycles. The summed E-state index contributed by atoms with van der Waals surface area (Å²) in [6, 6.07) is 8.44. The molecule has 1 aliphatic carbocycles. The van der Waals surface area contributed by atoms with Gasteiger partial charge in [0.1, 0.15) is 0 Å². The predicted molar refractivity (Wildman–Crippen MR) is 111 cm³/mol. The zero-order valence-electron chi connectivity index (χ0n) is 15.6. The van der Waals surface area contributed by atoms with Gasteiger partial charge in [-0.25, -0.2) is 4.98 Å². The van der Waals surface area contributed by atoms with E-state index >= 15 is 0 Å². The van der Waals surface area contributed by atoms with Gasteiger partial charge in [-0.15, -0.1) is 10.2 Å². The molecular formula is C20H23BrN4OS. The first kappa shape index (κ1) is 18.7. The average Bonchev–Trinajstić information content (AvgIpc) is 3.26. The molecule has 5 nitrogen and oxygen atoms in total. The maximum atomic E-state index is 5.88. The highest BCUT2D eigenvalue weighted by molar-refractivity contribution is 9.10. The Labute approximate surface area is 172 Å². The molecule has 4 rings (SSSR count). The van der Waals surface area contributed by atoms with Crippen molar-refractivity contribution in [2.45, 2.75) is 62.9 Å². The fourth-order valence-electron chi connectivity index (χ4n) is 3.65. The molecular weight excluding hydrogens is 424 g/mol. The summed E-state index contributed by atoms with van der Waals surface area (Å²) in [5.74, 6) is 1.79. The lowest BCUT2D eigenvalue weighted by Gasteiger charge is -2.25. The molecule has 1 aromatic carbocycles. The van der Waals surface area contributed by atoms with Crippen LogP contribution in [0, 0.1) is 13.8 Å². The molecule has 27 heavy (non-hydrogen) atoms. The van der Waals surface area contributed by atoms with Crippen LogP contribution >= 0.6 is 27.7 Å². The molecule has 3 aromatic rings. The van der Waals surface area contributed by atoms with Crippen LogP contribution < -0.4 is 0 Å². The fraction of sp³-hybridized carbons (Fsp3) is 0.450. The largest absolute Gasteiger partial charge is 0.420 e. The van der Waals surface area contributed by atoms with Crippen molar-refractivity contribution in [1.82, 2.24) is 19.7 Å². The Morgan fingerprint density at radius 3 is 2.70 bits per heavy atom. The summed E-state index contributed by atoms with van der Waals surface area (Å²) in [5, 5.41) is 9.50. The van der Waals surface area contributed by atoms with Crippen molar-refractivity contribution in [3.63, 3.8) is 0 Å². The van der Waals surface area contributed by atoms with E-state index in [-0.39, 0.29) is 0 Å². The summed E-state index contributed by atoms with van der Waals surface area (Å²) >= 11 is 5.22. The number of rotatable bonds is 5. The SMILES string of the molecule is Cc1nc(SCc2nnc(-c3ccccc3Br)o2)n(C2CCCCC2)c1C. The van der Waals surface area contributed by atoms with Crippen LogP contribution in [0.3, 0.4) is 0 Å². The van der Waals surface area contributed by atoms with Gasteiger partial charge in [0.15, 0.2) is 5.16 Å². The fourth-order valence-corrected chi connectivity index (χ4v) is 5.10. The maximum Gasteiger partial charge on any atom is 0.248 e. The lowest BCUT2D eigenvalue weighted by molar-refractivity contribution is 0.332. The smallest absolute Gasteiger partial charge is 0.248 e. The Kier molecular flexibility index (Phi) is 5.68. The second kappa shape index (κ2) is 8.19. The van der Waals surface area contributed by atoms with E-state index in [9.17, 15) is 0 Å². The number of aromatic nitrogens is 4. The number of aryl methyl sites for hydroxylation is 1.